The minimum atomic E-state index is -0.589. The third-order valence-electron chi connectivity index (χ3n) is 3.28. The van der Waals surface area contributed by atoms with Crippen molar-refractivity contribution in [2.24, 2.45) is 5.10 Å². The van der Waals surface area contributed by atoms with Crippen molar-refractivity contribution in [3.8, 4) is 17.2 Å². The van der Waals surface area contributed by atoms with E-state index in [0.29, 0.717) is 16.9 Å². The first-order chi connectivity index (χ1) is 12.4. The molecule has 0 bridgehead atoms. The second-order valence-electron chi connectivity index (χ2n) is 5.24. The number of carbonyl (C=O) groups excluding carboxylic acids is 1. The van der Waals surface area contributed by atoms with Gasteiger partial charge in [0, 0.05) is 6.07 Å². The number of nitrogens with zero attached hydrogens (tertiary/aromatic N) is 2. The van der Waals surface area contributed by atoms with Gasteiger partial charge in [-0.15, -0.1) is 0 Å². The molecule has 0 aliphatic rings. The fourth-order valence-corrected chi connectivity index (χ4v) is 2.03. The van der Waals surface area contributed by atoms with Crippen molar-refractivity contribution >= 4 is 17.8 Å². The number of phenols is 1. The summed E-state index contributed by atoms with van der Waals surface area (Å²) in [4.78, 5) is 22.2. The third-order valence-corrected chi connectivity index (χ3v) is 3.28. The van der Waals surface area contributed by atoms with Crippen LogP contribution in [-0.4, -0.2) is 35.9 Å². The maximum Gasteiger partial charge on any atom is 0.311 e. The van der Waals surface area contributed by atoms with Gasteiger partial charge >= 0.3 is 5.69 Å². The van der Waals surface area contributed by atoms with Crippen LogP contribution in [0.5, 0.6) is 17.2 Å². The summed E-state index contributed by atoms with van der Waals surface area (Å²) in [5, 5.41) is 24.4. The molecule has 9 heteroatoms. The number of aromatic hydroxyl groups is 1. The highest BCUT2D eigenvalue weighted by Gasteiger charge is 2.16. The number of benzene rings is 2. The van der Waals surface area contributed by atoms with Crippen LogP contribution in [0.4, 0.5) is 5.69 Å². The molecule has 2 N–H and O–H groups in total. The molecule has 2 aromatic carbocycles. The largest absolute Gasteiger partial charge is 0.504 e. The number of rotatable bonds is 7. The predicted molar refractivity (Wildman–Crippen MR) is 93.7 cm³/mol. The molecule has 0 saturated carbocycles. The van der Waals surface area contributed by atoms with Crippen molar-refractivity contribution in [3.63, 3.8) is 0 Å². The summed E-state index contributed by atoms with van der Waals surface area (Å²) in [5.41, 5.74) is 3.27. The number of hydrazone groups is 1. The van der Waals surface area contributed by atoms with E-state index in [1.807, 2.05) is 0 Å². The van der Waals surface area contributed by atoms with Crippen molar-refractivity contribution in [2.45, 2.75) is 6.92 Å². The summed E-state index contributed by atoms with van der Waals surface area (Å²) in [6.45, 7) is 1.28. The average molecular weight is 359 g/mol. The number of carbonyl (C=O) groups is 1. The zero-order chi connectivity index (χ0) is 19.1. The smallest absolute Gasteiger partial charge is 0.311 e. The quantitative estimate of drug-likeness (QED) is 0.443. The van der Waals surface area contributed by atoms with Crippen molar-refractivity contribution < 1.29 is 24.3 Å². The Morgan fingerprint density at radius 2 is 2.04 bits per heavy atom. The molecule has 136 valence electrons. The first-order valence-electron chi connectivity index (χ1n) is 7.47. The number of amides is 1. The Kier molecular flexibility index (Phi) is 6.10. The summed E-state index contributed by atoms with van der Waals surface area (Å²) < 4.78 is 10.1. The molecule has 0 saturated heterocycles. The van der Waals surface area contributed by atoms with Crippen LogP contribution in [-0.2, 0) is 4.79 Å². The van der Waals surface area contributed by atoms with E-state index in [-0.39, 0.29) is 17.2 Å². The van der Waals surface area contributed by atoms with E-state index in [9.17, 15) is 20.0 Å². The molecule has 9 nitrogen and oxygen atoms in total. The minimum Gasteiger partial charge on any atom is -0.504 e. The van der Waals surface area contributed by atoms with Crippen molar-refractivity contribution in [2.75, 3.05) is 13.7 Å². The molecule has 0 unspecified atom stereocenters. The third kappa shape index (κ3) is 4.94. The summed E-state index contributed by atoms with van der Waals surface area (Å²) >= 11 is 0. The highest BCUT2D eigenvalue weighted by molar-refractivity contribution is 5.83. The molecule has 0 spiro atoms. The normalized spacial score (nSPS) is 10.5. The van der Waals surface area contributed by atoms with E-state index in [1.165, 1.54) is 31.5 Å². The van der Waals surface area contributed by atoms with Crippen LogP contribution in [0.1, 0.15) is 11.1 Å². The van der Waals surface area contributed by atoms with E-state index in [4.69, 9.17) is 9.47 Å². The number of methoxy groups -OCH3 is 1. The molecular weight excluding hydrogens is 342 g/mol. The van der Waals surface area contributed by atoms with Gasteiger partial charge in [-0.05, 0) is 42.3 Å². The lowest BCUT2D eigenvalue weighted by Crippen LogP contribution is -2.24. The van der Waals surface area contributed by atoms with Crippen molar-refractivity contribution in [1.29, 1.82) is 0 Å². The second-order valence-corrected chi connectivity index (χ2v) is 5.24. The standard InChI is InChI=1S/C17H17N3O6/c1-11-3-5-15(13(7-11)20(23)24)26-10-17(22)19-18-9-12-4-6-16(25-2)14(21)8-12/h3-9,21H,10H2,1-2H3,(H,19,22). The monoisotopic (exact) mass is 359 g/mol. The number of nitrogens with one attached hydrogen (secondary N) is 1. The predicted octanol–water partition coefficient (Wildman–Crippen LogP) is 2.15. The van der Waals surface area contributed by atoms with Crippen LogP contribution in [0.2, 0.25) is 0 Å². The summed E-state index contributed by atoms with van der Waals surface area (Å²) in [5.74, 6) is -0.328. The SMILES string of the molecule is COc1ccc(C=NNC(=O)COc2ccc(C)cc2[N+](=O)[O-])cc1O. The number of nitro benzene ring substituents is 1. The van der Waals surface area contributed by atoms with Gasteiger partial charge in [0.25, 0.3) is 5.91 Å². The number of nitro groups is 1. The van der Waals surface area contributed by atoms with E-state index in [2.05, 4.69) is 10.5 Å². The number of hydrogen-bond donors (Lipinski definition) is 2. The number of ether oxygens (including phenoxy) is 2. The van der Waals surface area contributed by atoms with Gasteiger partial charge in [-0.2, -0.15) is 5.10 Å². The zero-order valence-electron chi connectivity index (χ0n) is 14.1. The first kappa shape index (κ1) is 18.7. The van der Waals surface area contributed by atoms with Crippen LogP contribution in [0.3, 0.4) is 0 Å². The Balaban J connectivity index is 1.91. The number of aryl methyl sites for hydroxylation is 1. The average Bonchev–Trinajstić information content (AvgIpc) is 2.60. The van der Waals surface area contributed by atoms with Gasteiger partial charge in [0.2, 0.25) is 0 Å². The van der Waals surface area contributed by atoms with Gasteiger partial charge in [-0.1, -0.05) is 6.07 Å². The molecule has 0 heterocycles. The van der Waals surface area contributed by atoms with Gasteiger partial charge in [-0.3, -0.25) is 14.9 Å². The number of hydrogen-bond acceptors (Lipinski definition) is 7. The van der Waals surface area contributed by atoms with E-state index >= 15 is 0 Å². The topological polar surface area (TPSA) is 123 Å². The molecule has 0 aliphatic carbocycles. The van der Waals surface area contributed by atoms with Crippen LogP contribution in [0.25, 0.3) is 0 Å². The Hall–Kier alpha value is -3.62. The lowest BCUT2D eigenvalue weighted by Gasteiger charge is -2.06. The lowest BCUT2D eigenvalue weighted by atomic mass is 10.2. The van der Waals surface area contributed by atoms with Crippen LogP contribution < -0.4 is 14.9 Å². The molecule has 0 atom stereocenters. The van der Waals surface area contributed by atoms with Crippen molar-refractivity contribution in [1.82, 2.24) is 5.43 Å². The Morgan fingerprint density at radius 3 is 2.69 bits per heavy atom. The zero-order valence-corrected chi connectivity index (χ0v) is 14.1. The molecular formula is C17H17N3O6. The molecule has 0 aliphatic heterocycles. The van der Waals surface area contributed by atoms with Gasteiger partial charge < -0.3 is 14.6 Å². The Bertz CT molecular complexity index is 850. The molecule has 26 heavy (non-hydrogen) atoms. The fourth-order valence-electron chi connectivity index (χ4n) is 2.03. The second kappa shape index (κ2) is 8.47. The molecule has 2 aromatic rings. The molecule has 0 aromatic heterocycles. The minimum absolute atomic E-state index is 0.000179. The molecule has 0 fully saturated rings. The van der Waals surface area contributed by atoms with E-state index in [0.717, 1.165) is 0 Å². The molecule has 0 radical (unpaired) electrons. The van der Waals surface area contributed by atoms with Crippen LogP contribution in [0, 0.1) is 17.0 Å². The summed E-state index contributed by atoms with van der Waals surface area (Å²) in [6.07, 6.45) is 1.32. The summed E-state index contributed by atoms with van der Waals surface area (Å²) in [7, 11) is 1.43. The molecule has 2 rings (SSSR count). The van der Waals surface area contributed by atoms with Crippen molar-refractivity contribution in [3.05, 3.63) is 57.6 Å². The van der Waals surface area contributed by atoms with Crippen LogP contribution >= 0.6 is 0 Å². The van der Waals surface area contributed by atoms with Gasteiger partial charge in [-0.25, -0.2) is 5.43 Å². The molecule has 1 amide bonds. The van der Waals surface area contributed by atoms with E-state index in [1.54, 1.807) is 25.1 Å². The maximum absolute atomic E-state index is 11.7. The fraction of sp³-hybridized carbons (Fsp3) is 0.176. The van der Waals surface area contributed by atoms with Gasteiger partial charge in [0.1, 0.15) is 0 Å². The van der Waals surface area contributed by atoms with Crippen LogP contribution in [0.15, 0.2) is 41.5 Å². The number of phenolic OH excluding ortho intramolecular Hbond substituents is 1. The Morgan fingerprint density at radius 1 is 1.31 bits per heavy atom. The highest BCUT2D eigenvalue weighted by atomic mass is 16.6. The van der Waals surface area contributed by atoms with Gasteiger partial charge in [0.15, 0.2) is 23.9 Å². The Labute approximate surface area is 149 Å². The summed E-state index contributed by atoms with van der Waals surface area (Å²) in [6, 6.07) is 9.05. The first-order valence-corrected chi connectivity index (χ1v) is 7.47. The maximum atomic E-state index is 11.7. The lowest BCUT2D eigenvalue weighted by molar-refractivity contribution is -0.385. The van der Waals surface area contributed by atoms with Gasteiger partial charge in [0.05, 0.1) is 18.2 Å². The highest BCUT2D eigenvalue weighted by Crippen LogP contribution is 2.27. The van der Waals surface area contributed by atoms with E-state index < -0.39 is 17.4 Å².